The number of nitrogens with two attached hydrogens (primary N) is 1. The van der Waals surface area contributed by atoms with E-state index in [-0.39, 0.29) is 23.9 Å². The van der Waals surface area contributed by atoms with E-state index in [1.54, 1.807) is 0 Å². The molecular formula is C10H17N3O2. The molecule has 2 amide bonds. The third kappa shape index (κ3) is 2.28. The molecule has 0 aromatic rings. The molecule has 3 N–H and O–H groups in total. The minimum Gasteiger partial charge on any atom is -0.344 e. The lowest BCUT2D eigenvalue weighted by Crippen LogP contribution is -2.49. The molecule has 0 bridgehead atoms. The first-order chi connectivity index (χ1) is 7.16. The normalized spacial score (nSPS) is 27.9. The number of hydrogen-bond acceptors (Lipinski definition) is 3. The van der Waals surface area contributed by atoms with Crippen LogP contribution in [0, 0.1) is 0 Å². The largest absolute Gasteiger partial charge is 0.344 e. The standard InChI is InChI=1S/C10H17N3O2/c11-7-3-5-13(6-4-7)10(15)8-1-2-9(14)12-8/h7-8H,1-6,11H2,(H,12,14)/t8-/m1/s1. The van der Waals surface area contributed by atoms with E-state index < -0.39 is 0 Å². The summed E-state index contributed by atoms with van der Waals surface area (Å²) in [5, 5.41) is 2.70. The topological polar surface area (TPSA) is 75.4 Å². The van der Waals surface area contributed by atoms with Crippen molar-refractivity contribution in [2.24, 2.45) is 5.73 Å². The summed E-state index contributed by atoms with van der Waals surface area (Å²) >= 11 is 0. The van der Waals surface area contributed by atoms with Gasteiger partial charge >= 0.3 is 0 Å². The van der Waals surface area contributed by atoms with E-state index in [0.29, 0.717) is 12.8 Å². The zero-order chi connectivity index (χ0) is 10.8. The van der Waals surface area contributed by atoms with E-state index in [9.17, 15) is 9.59 Å². The molecule has 0 aromatic carbocycles. The van der Waals surface area contributed by atoms with Crippen molar-refractivity contribution >= 4 is 11.8 Å². The molecule has 0 radical (unpaired) electrons. The third-order valence-corrected chi connectivity index (χ3v) is 3.14. The quantitative estimate of drug-likeness (QED) is 0.597. The van der Waals surface area contributed by atoms with Crippen LogP contribution in [-0.4, -0.2) is 41.9 Å². The van der Waals surface area contributed by atoms with E-state index in [1.807, 2.05) is 4.90 Å². The molecule has 15 heavy (non-hydrogen) atoms. The van der Waals surface area contributed by atoms with E-state index >= 15 is 0 Å². The van der Waals surface area contributed by atoms with Gasteiger partial charge in [-0.3, -0.25) is 9.59 Å². The van der Waals surface area contributed by atoms with Gasteiger partial charge in [0.1, 0.15) is 6.04 Å². The highest BCUT2D eigenvalue weighted by atomic mass is 16.2. The van der Waals surface area contributed by atoms with E-state index in [1.165, 1.54) is 0 Å². The highest BCUT2D eigenvalue weighted by Crippen LogP contribution is 2.14. The summed E-state index contributed by atoms with van der Waals surface area (Å²) in [4.78, 5) is 24.7. The molecule has 0 unspecified atom stereocenters. The first kappa shape index (κ1) is 10.4. The first-order valence-electron chi connectivity index (χ1n) is 5.50. The lowest BCUT2D eigenvalue weighted by molar-refractivity contribution is -0.135. The van der Waals surface area contributed by atoms with Crippen LogP contribution in [0.15, 0.2) is 0 Å². The number of carbonyl (C=O) groups excluding carboxylic acids is 2. The average molecular weight is 211 g/mol. The Hall–Kier alpha value is -1.10. The van der Waals surface area contributed by atoms with Gasteiger partial charge in [-0.2, -0.15) is 0 Å². The summed E-state index contributed by atoms with van der Waals surface area (Å²) in [6.07, 6.45) is 2.85. The van der Waals surface area contributed by atoms with Crippen molar-refractivity contribution in [3.63, 3.8) is 0 Å². The SMILES string of the molecule is NC1CCN(C(=O)[C@H]2CCC(=O)N2)CC1. The first-order valence-corrected chi connectivity index (χ1v) is 5.50. The number of likely N-dealkylation sites (tertiary alicyclic amines) is 1. The fraction of sp³-hybridized carbons (Fsp3) is 0.800. The molecule has 2 fully saturated rings. The van der Waals surface area contributed by atoms with E-state index in [4.69, 9.17) is 5.73 Å². The van der Waals surface area contributed by atoms with Crippen LogP contribution in [0.2, 0.25) is 0 Å². The van der Waals surface area contributed by atoms with Gasteiger partial charge in [-0.15, -0.1) is 0 Å². The number of nitrogens with zero attached hydrogens (tertiary/aromatic N) is 1. The summed E-state index contributed by atoms with van der Waals surface area (Å²) in [6, 6.07) is -0.0564. The molecule has 0 aliphatic carbocycles. The molecule has 0 spiro atoms. The van der Waals surface area contributed by atoms with Gasteiger partial charge in [-0.25, -0.2) is 0 Å². The highest BCUT2D eigenvalue weighted by molar-refractivity contribution is 5.90. The van der Waals surface area contributed by atoms with Crippen molar-refractivity contribution in [2.75, 3.05) is 13.1 Å². The van der Waals surface area contributed by atoms with E-state index in [0.717, 1.165) is 25.9 Å². The Balaban J connectivity index is 1.88. The van der Waals surface area contributed by atoms with Crippen LogP contribution in [-0.2, 0) is 9.59 Å². The molecule has 2 aliphatic rings. The van der Waals surface area contributed by atoms with E-state index in [2.05, 4.69) is 5.32 Å². The van der Waals surface area contributed by atoms with Crippen LogP contribution in [0.25, 0.3) is 0 Å². The Bertz CT molecular complexity index is 272. The molecule has 84 valence electrons. The Morgan fingerprint density at radius 3 is 2.53 bits per heavy atom. The second kappa shape index (κ2) is 4.18. The molecule has 0 saturated carbocycles. The molecule has 5 heteroatoms. The van der Waals surface area contributed by atoms with Gasteiger partial charge in [0.2, 0.25) is 11.8 Å². The van der Waals surface area contributed by atoms with Crippen molar-refractivity contribution in [2.45, 2.75) is 37.8 Å². The molecule has 5 nitrogen and oxygen atoms in total. The second-order valence-corrected chi connectivity index (χ2v) is 4.32. The van der Waals surface area contributed by atoms with Crippen LogP contribution < -0.4 is 11.1 Å². The Kier molecular flexibility index (Phi) is 2.90. The fourth-order valence-corrected chi connectivity index (χ4v) is 2.14. The predicted molar refractivity (Wildman–Crippen MR) is 55.0 cm³/mol. The van der Waals surface area contributed by atoms with Crippen molar-refractivity contribution < 1.29 is 9.59 Å². The maximum atomic E-state index is 11.9. The van der Waals surface area contributed by atoms with Crippen molar-refractivity contribution in [3.05, 3.63) is 0 Å². The maximum absolute atomic E-state index is 11.9. The Morgan fingerprint density at radius 1 is 1.33 bits per heavy atom. The van der Waals surface area contributed by atoms with Gasteiger partial charge in [0.15, 0.2) is 0 Å². The van der Waals surface area contributed by atoms with Crippen LogP contribution in [0.4, 0.5) is 0 Å². The average Bonchev–Trinajstić information content (AvgIpc) is 2.65. The summed E-state index contributed by atoms with van der Waals surface area (Å²) < 4.78 is 0. The van der Waals surface area contributed by atoms with Gasteiger partial charge in [0.25, 0.3) is 0 Å². The molecule has 1 atom stereocenters. The summed E-state index contributed by atoms with van der Waals surface area (Å²) in [7, 11) is 0. The predicted octanol–water partition coefficient (Wildman–Crippen LogP) is -0.785. The molecule has 2 heterocycles. The van der Waals surface area contributed by atoms with Crippen LogP contribution in [0.3, 0.4) is 0 Å². The zero-order valence-corrected chi connectivity index (χ0v) is 8.74. The second-order valence-electron chi connectivity index (χ2n) is 4.32. The molecular weight excluding hydrogens is 194 g/mol. The Morgan fingerprint density at radius 2 is 2.00 bits per heavy atom. The summed E-state index contributed by atoms with van der Waals surface area (Å²) in [6.45, 7) is 1.46. The number of carbonyl (C=O) groups is 2. The lowest BCUT2D eigenvalue weighted by atomic mass is 10.0. The van der Waals surface area contributed by atoms with Crippen molar-refractivity contribution in [1.82, 2.24) is 10.2 Å². The third-order valence-electron chi connectivity index (χ3n) is 3.14. The molecule has 2 aliphatic heterocycles. The van der Waals surface area contributed by atoms with Crippen molar-refractivity contribution in [3.8, 4) is 0 Å². The molecule has 2 rings (SSSR count). The monoisotopic (exact) mass is 211 g/mol. The minimum absolute atomic E-state index is 0.0120. The lowest BCUT2D eigenvalue weighted by Gasteiger charge is -2.31. The van der Waals surface area contributed by atoms with Crippen LogP contribution >= 0.6 is 0 Å². The van der Waals surface area contributed by atoms with Crippen molar-refractivity contribution in [1.29, 1.82) is 0 Å². The van der Waals surface area contributed by atoms with Gasteiger partial charge in [-0.05, 0) is 19.3 Å². The van der Waals surface area contributed by atoms with Gasteiger partial charge in [-0.1, -0.05) is 0 Å². The fourth-order valence-electron chi connectivity index (χ4n) is 2.14. The summed E-state index contributed by atoms with van der Waals surface area (Å²) in [5.41, 5.74) is 5.76. The van der Waals surface area contributed by atoms with Gasteiger partial charge in [0, 0.05) is 25.6 Å². The number of hydrogen-bond donors (Lipinski definition) is 2. The number of amides is 2. The Labute approximate surface area is 89.0 Å². The summed E-state index contributed by atoms with van der Waals surface area (Å²) in [5.74, 6) is 0.0508. The number of piperidine rings is 1. The smallest absolute Gasteiger partial charge is 0.245 e. The maximum Gasteiger partial charge on any atom is 0.245 e. The highest BCUT2D eigenvalue weighted by Gasteiger charge is 2.31. The van der Waals surface area contributed by atoms with Crippen LogP contribution in [0.1, 0.15) is 25.7 Å². The number of rotatable bonds is 1. The number of nitrogens with one attached hydrogen (secondary N) is 1. The zero-order valence-electron chi connectivity index (χ0n) is 8.74. The molecule has 0 aromatic heterocycles. The van der Waals surface area contributed by atoms with Crippen LogP contribution in [0.5, 0.6) is 0 Å². The molecule has 2 saturated heterocycles. The van der Waals surface area contributed by atoms with Gasteiger partial charge in [0.05, 0.1) is 0 Å². The van der Waals surface area contributed by atoms with Gasteiger partial charge < -0.3 is 16.0 Å². The minimum atomic E-state index is -0.285.